The first kappa shape index (κ1) is 55.3. The molecule has 8 atom stereocenters. The molecule has 0 aromatic heterocycles. The third-order valence-electron chi connectivity index (χ3n) is 14.7. The Morgan fingerprint density at radius 1 is 0.703 bits per heavy atom. The van der Waals surface area contributed by atoms with Gasteiger partial charge in [0.05, 0.1) is 41.9 Å². The molecule has 7 rings (SSSR count). The van der Waals surface area contributed by atoms with Gasteiger partial charge in [-0.25, -0.2) is 9.59 Å². The van der Waals surface area contributed by atoms with E-state index in [1.54, 1.807) is 42.5 Å². The molecule has 18 heteroatoms. The Morgan fingerprint density at radius 3 is 2.04 bits per heavy atom. The summed E-state index contributed by atoms with van der Waals surface area (Å²) in [5, 5.41) is 24.1. The molecule has 5 amide bonds. The SMILES string of the molecule is COC(=O)[C@H](CC(C)C)NC(=O)[C@H](Cc1ccccc1)NC(=O)CNC(=O)CNC(=O)[C@H](Cc1ccc(OC(=O)c2c(Cl)cccc2Cl)cc1)NC(=O)COc1ccc2c(c1)CC[C@@H]1[C@@H]2CC[C@]2(C)[C@@H](O)CC[C@@H]12. The van der Waals surface area contributed by atoms with Gasteiger partial charge in [-0.2, -0.15) is 0 Å². The van der Waals surface area contributed by atoms with Gasteiger partial charge in [-0.3, -0.25) is 24.0 Å². The van der Waals surface area contributed by atoms with Gasteiger partial charge in [-0.15, -0.1) is 0 Å². The molecular formula is C56H65Cl2N5O11. The smallest absolute Gasteiger partial charge is 0.346 e. The van der Waals surface area contributed by atoms with Crippen molar-refractivity contribution in [2.45, 2.75) is 109 Å². The predicted octanol–water partition coefficient (Wildman–Crippen LogP) is 6.20. The van der Waals surface area contributed by atoms with E-state index in [0.29, 0.717) is 35.5 Å². The summed E-state index contributed by atoms with van der Waals surface area (Å²) in [7, 11) is 1.22. The van der Waals surface area contributed by atoms with Crippen LogP contribution in [0.15, 0.2) is 91.0 Å². The number of ether oxygens (including phenoxy) is 3. The molecule has 0 radical (unpaired) electrons. The Kier molecular flexibility index (Phi) is 18.8. The average Bonchev–Trinajstić information content (AvgIpc) is 3.69. The van der Waals surface area contributed by atoms with Crippen molar-refractivity contribution >= 4 is 64.7 Å². The van der Waals surface area contributed by atoms with E-state index in [0.717, 1.165) is 44.1 Å². The number of aliphatic hydroxyl groups excluding tert-OH is 1. The predicted molar refractivity (Wildman–Crippen MR) is 278 cm³/mol. The molecule has 0 unspecified atom stereocenters. The number of aliphatic hydroxyl groups is 1. The normalized spacial score (nSPS) is 20.8. The summed E-state index contributed by atoms with van der Waals surface area (Å²) in [4.78, 5) is 92.6. The molecule has 6 N–H and O–H groups in total. The number of carbonyl (C=O) groups is 7. The number of methoxy groups -OCH3 is 1. The number of esters is 2. The third kappa shape index (κ3) is 14.0. The molecule has 4 aromatic carbocycles. The summed E-state index contributed by atoms with van der Waals surface area (Å²) >= 11 is 12.4. The Morgan fingerprint density at radius 2 is 1.35 bits per heavy atom. The molecular weight excluding hydrogens is 990 g/mol. The van der Waals surface area contributed by atoms with Crippen LogP contribution in [0.1, 0.15) is 97.8 Å². The van der Waals surface area contributed by atoms with Crippen LogP contribution in [0.5, 0.6) is 11.5 Å². The number of nitrogens with one attached hydrogen (secondary N) is 5. The van der Waals surface area contributed by atoms with E-state index in [1.165, 1.54) is 42.5 Å². The molecule has 2 fully saturated rings. The number of hydrogen-bond acceptors (Lipinski definition) is 11. The number of rotatable bonds is 21. The fourth-order valence-corrected chi connectivity index (χ4v) is 11.5. The molecule has 394 valence electrons. The Labute approximate surface area is 441 Å². The van der Waals surface area contributed by atoms with Crippen molar-refractivity contribution in [3.63, 3.8) is 0 Å². The van der Waals surface area contributed by atoms with E-state index in [1.807, 2.05) is 32.0 Å². The highest BCUT2D eigenvalue weighted by Gasteiger charge is 2.54. The quantitative estimate of drug-likeness (QED) is 0.0407. The van der Waals surface area contributed by atoms with Crippen molar-refractivity contribution in [3.05, 3.63) is 129 Å². The lowest BCUT2D eigenvalue weighted by Crippen LogP contribution is -2.54. The number of fused-ring (bicyclic) bond motifs is 5. The monoisotopic (exact) mass is 1050 g/mol. The number of aryl methyl sites for hydroxylation is 1. The average molecular weight is 1060 g/mol. The van der Waals surface area contributed by atoms with E-state index in [4.69, 9.17) is 37.4 Å². The minimum atomic E-state index is -1.22. The van der Waals surface area contributed by atoms with Gasteiger partial charge >= 0.3 is 11.9 Å². The second-order valence-electron chi connectivity index (χ2n) is 20.2. The van der Waals surface area contributed by atoms with E-state index in [2.05, 4.69) is 39.6 Å². The molecule has 4 aromatic rings. The summed E-state index contributed by atoms with van der Waals surface area (Å²) in [6.45, 7) is 4.50. The van der Waals surface area contributed by atoms with Crippen molar-refractivity contribution in [1.29, 1.82) is 0 Å². The minimum Gasteiger partial charge on any atom is -0.484 e. The molecule has 74 heavy (non-hydrogen) atoms. The lowest BCUT2D eigenvalue weighted by atomic mass is 9.55. The minimum absolute atomic E-state index is 0.000174. The fourth-order valence-electron chi connectivity index (χ4n) is 10.9. The van der Waals surface area contributed by atoms with Crippen molar-refractivity contribution in [2.24, 2.45) is 23.2 Å². The number of amides is 5. The molecule has 0 spiro atoms. The van der Waals surface area contributed by atoms with Crippen LogP contribution >= 0.6 is 23.2 Å². The molecule has 0 saturated heterocycles. The highest BCUT2D eigenvalue weighted by Crippen LogP contribution is 2.61. The number of halogens is 2. The van der Waals surface area contributed by atoms with Crippen LogP contribution < -0.4 is 36.1 Å². The second-order valence-corrected chi connectivity index (χ2v) is 21.0. The maximum absolute atomic E-state index is 13.8. The van der Waals surface area contributed by atoms with Gasteiger partial charge in [0.15, 0.2) is 6.61 Å². The third-order valence-corrected chi connectivity index (χ3v) is 15.4. The van der Waals surface area contributed by atoms with Crippen LogP contribution in [0.2, 0.25) is 10.0 Å². The summed E-state index contributed by atoms with van der Waals surface area (Å²) < 4.78 is 16.4. The van der Waals surface area contributed by atoms with Gasteiger partial charge in [0, 0.05) is 12.8 Å². The fraction of sp³-hybridized carbons (Fsp3) is 0.446. The molecule has 2 saturated carbocycles. The zero-order valence-corrected chi connectivity index (χ0v) is 43.6. The van der Waals surface area contributed by atoms with Crippen LogP contribution in [0.25, 0.3) is 0 Å². The largest absolute Gasteiger partial charge is 0.484 e. The van der Waals surface area contributed by atoms with Gasteiger partial charge in [0.1, 0.15) is 29.6 Å². The van der Waals surface area contributed by atoms with Crippen LogP contribution in [0.3, 0.4) is 0 Å². The second kappa shape index (κ2) is 25.2. The van der Waals surface area contributed by atoms with Gasteiger partial charge in [-0.1, -0.05) is 98.6 Å². The van der Waals surface area contributed by atoms with E-state index in [9.17, 15) is 38.7 Å². The lowest BCUT2D eigenvalue weighted by Gasteiger charge is -2.50. The van der Waals surface area contributed by atoms with Gasteiger partial charge in [0.25, 0.3) is 5.91 Å². The first-order valence-electron chi connectivity index (χ1n) is 25.2. The molecule has 3 aliphatic carbocycles. The molecule has 16 nitrogen and oxygen atoms in total. The first-order chi connectivity index (χ1) is 35.4. The summed E-state index contributed by atoms with van der Waals surface area (Å²) in [5.41, 5.74) is 3.76. The Bertz CT molecular complexity index is 2670. The maximum Gasteiger partial charge on any atom is 0.346 e. The number of hydrogen-bond donors (Lipinski definition) is 6. The Balaban J connectivity index is 0.969. The van der Waals surface area contributed by atoms with Crippen molar-refractivity contribution in [2.75, 3.05) is 26.8 Å². The highest BCUT2D eigenvalue weighted by atomic mass is 35.5. The van der Waals surface area contributed by atoms with Crippen LogP contribution in [0, 0.1) is 23.2 Å². The summed E-state index contributed by atoms with van der Waals surface area (Å²) in [6, 6.07) is 22.5. The highest BCUT2D eigenvalue weighted by molar-refractivity contribution is 6.39. The zero-order chi connectivity index (χ0) is 53.1. The molecule has 3 aliphatic rings. The van der Waals surface area contributed by atoms with Crippen molar-refractivity contribution in [3.8, 4) is 11.5 Å². The van der Waals surface area contributed by atoms with Gasteiger partial charge in [0.2, 0.25) is 23.6 Å². The topological polar surface area (TPSA) is 228 Å². The zero-order valence-electron chi connectivity index (χ0n) is 42.0. The first-order valence-corrected chi connectivity index (χ1v) is 25.9. The lowest BCUT2D eigenvalue weighted by molar-refractivity contribution is -0.145. The van der Waals surface area contributed by atoms with Crippen LogP contribution in [0.4, 0.5) is 0 Å². The Hall–Kier alpha value is -6.49. The van der Waals surface area contributed by atoms with Crippen molar-refractivity contribution < 1.29 is 52.9 Å². The van der Waals surface area contributed by atoms with Crippen LogP contribution in [-0.4, -0.2) is 97.6 Å². The summed E-state index contributed by atoms with van der Waals surface area (Å²) in [6.07, 6.45) is 5.92. The van der Waals surface area contributed by atoms with Gasteiger partial charge in [-0.05, 0) is 133 Å². The molecule has 0 bridgehead atoms. The number of carbonyl (C=O) groups excluding carboxylic acids is 7. The van der Waals surface area contributed by atoms with Gasteiger partial charge < -0.3 is 45.9 Å². The maximum atomic E-state index is 13.8. The van der Waals surface area contributed by atoms with E-state index in [-0.39, 0.29) is 51.6 Å². The molecule has 0 heterocycles. The number of benzene rings is 4. The standard InChI is InChI=1S/C56H65Cl2N5O11/c1-32(2)25-46(54(70)72-4)63-53(69)45(26-33-9-6-5-7-10-33)61-49(66)30-59-48(65)29-60-52(68)44(27-34-13-16-36(17-14-34)74-55(71)51-42(57)11-8-12-43(51)58)62-50(67)31-73-37-18-20-38-35(28-37)15-19-40-39(38)23-24-56(3)41(40)21-22-47(56)64/h5-14,16-18,20,28,32,39-41,44-47,64H,15,19,21-27,29-31H2,1-4H3,(H,59,65)(H,60,68)(H,61,66)(H,62,67)(H,63,69)/t39-,40-,41+,44+,45+,46+,47+,56+/m1/s1. The van der Waals surface area contributed by atoms with E-state index < -0.39 is 79.3 Å². The van der Waals surface area contributed by atoms with Crippen molar-refractivity contribution in [1.82, 2.24) is 26.6 Å². The summed E-state index contributed by atoms with van der Waals surface area (Å²) in [5.74, 6) is -2.62. The van der Waals surface area contributed by atoms with Crippen LogP contribution in [-0.2, 0) is 52.8 Å². The van der Waals surface area contributed by atoms with E-state index >= 15 is 0 Å². The molecule has 0 aliphatic heterocycles.